The molecule has 0 spiro atoms. The summed E-state index contributed by atoms with van der Waals surface area (Å²) in [6, 6.07) is 11.4. The van der Waals surface area contributed by atoms with Crippen molar-refractivity contribution in [2.75, 3.05) is 49.1 Å². The Bertz CT molecular complexity index is 903. The zero-order valence-corrected chi connectivity index (χ0v) is 16.5. The van der Waals surface area contributed by atoms with Crippen molar-refractivity contribution in [1.29, 1.82) is 0 Å². The van der Waals surface area contributed by atoms with Gasteiger partial charge in [-0.1, -0.05) is 18.2 Å². The van der Waals surface area contributed by atoms with E-state index in [1.165, 1.54) is 6.07 Å². The van der Waals surface area contributed by atoms with Crippen LogP contribution in [0, 0.1) is 5.82 Å². The molecular formula is C22H23F4N3O. The molecule has 0 saturated carbocycles. The van der Waals surface area contributed by atoms with Gasteiger partial charge in [0.1, 0.15) is 11.4 Å². The number of hydrogen-bond donors (Lipinski definition) is 0. The zero-order valence-electron chi connectivity index (χ0n) is 16.5. The molecule has 2 saturated heterocycles. The lowest BCUT2D eigenvalue weighted by atomic mass is 10.1. The summed E-state index contributed by atoms with van der Waals surface area (Å²) in [5.74, 6) is -1.32. The minimum Gasteiger partial charge on any atom is -0.371 e. The molecule has 2 aromatic rings. The predicted molar refractivity (Wildman–Crippen MR) is 107 cm³/mol. The molecule has 0 unspecified atom stereocenters. The van der Waals surface area contributed by atoms with Crippen LogP contribution in [-0.4, -0.2) is 50.1 Å². The summed E-state index contributed by atoms with van der Waals surface area (Å²) in [6.45, 7) is 2.70. The minimum absolute atomic E-state index is 0.0772. The molecule has 0 aromatic heterocycles. The van der Waals surface area contributed by atoms with E-state index >= 15 is 0 Å². The van der Waals surface area contributed by atoms with Gasteiger partial charge in [-0.2, -0.15) is 13.2 Å². The van der Waals surface area contributed by atoms with Crippen LogP contribution in [0.3, 0.4) is 0 Å². The van der Waals surface area contributed by atoms with Gasteiger partial charge >= 0.3 is 6.18 Å². The second-order valence-corrected chi connectivity index (χ2v) is 7.66. The molecule has 2 aliphatic rings. The van der Waals surface area contributed by atoms with Gasteiger partial charge in [-0.15, -0.1) is 0 Å². The molecule has 4 nitrogen and oxygen atoms in total. The lowest BCUT2D eigenvalue weighted by molar-refractivity contribution is -0.139. The largest absolute Gasteiger partial charge is 0.421 e. The van der Waals surface area contributed by atoms with Crippen LogP contribution in [0.4, 0.5) is 28.9 Å². The van der Waals surface area contributed by atoms with E-state index < -0.39 is 17.6 Å². The highest BCUT2D eigenvalue weighted by Gasteiger charge is 2.39. The number of alkyl halides is 3. The van der Waals surface area contributed by atoms with E-state index in [-0.39, 0.29) is 11.6 Å². The van der Waals surface area contributed by atoms with E-state index in [1.807, 2.05) is 11.0 Å². The molecule has 0 atom stereocenters. The van der Waals surface area contributed by atoms with Crippen molar-refractivity contribution < 1.29 is 22.4 Å². The van der Waals surface area contributed by atoms with Gasteiger partial charge in [0.15, 0.2) is 0 Å². The Hall–Kier alpha value is -2.77. The first-order chi connectivity index (χ1) is 14.3. The maximum atomic E-state index is 14.6. The number of piperazine rings is 1. The fourth-order valence-corrected chi connectivity index (χ4v) is 4.18. The maximum Gasteiger partial charge on any atom is 0.421 e. The van der Waals surface area contributed by atoms with Gasteiger partial charge in [0.2, 0.25) is 0 Å². The van der Waals surface area contributed by atoms with Gasteiger partial charge in [0.25, 0.3) is 5.91 Å². The van der Waals surface area contributed by atoms with Gasteiger partial charge in [-0.25, -0.2) is 4.39 Å². The Kier molecular flexibility index (Phi) is 5.58. The molecule has 1 amide bonds. The van der Waals surface area contributed by atoms with Gasteiger partial charge in [-0.3, -0.25) is 4.79 Å². The Balaban J connectivity index is 1.54. The molecule has 2 aromatic carbocycles. The van der Waals surface area contributed by atoms with Crippen LogP contribution in [0.5, 0.6) is 0 Å². The highest BCUT2D eigenvalue weighted by atomic mass is 19.4. The van der Waals surface area contributed by atoms with Crippen molar-refractivity contribution >= 4 is 17.3 Å². The number of rotatable bonds is 3. The summed E-state index contributed by atoms with van der Waals surface area (Å²) in [7, 11) is 0. The van der Waals surface area contributed by atoms with Crippen molar-refractivity contribution in [3.05, 3.63) is 59.4 Å². The van der Waals surface area contributed by atoms with Crippen molar-refractivity contribution in [2.24, 2.45) is 0 Å². The smallest absolute Gasteiger partial charge is 0.371 e. The van der Waals surface area contributed by atoms with Crippen LogP contribution in [0.15, 0.2) is 42.5 Å². The minimum atomic E-state index is -4.75. The third kappa shape index (κ3) is 4.08. The summed E-state index contributed by atoms with van der Waals surface area (Å²) in [5.41, 5.74) is -0.249. The van der Waals surface area contributed by atoms with Crippen LogP contribution in [0.1, 0.15) is 28.8 Å². The molecule has 2 heterocycles. The lowest BCUT2D eigenvalue weighted by Gasteiger charge is -2.37. The quantitative estimate of drug-likeness (QED) is 0.687. The first-order valence-electron chi connectivity index (χ1n) is 10.1. The maximum absolute atomic E-state index is 14.6. The van der Waals surface area contributed by atoms with E-state index in [0.29, 0.717) is 50.5 Å². The van der Waals surface area contributed by atoms with E-state index in [0.717, 1.165) is 18.9 Å². The van der Waals surface area contributed by atoms with Crippen LogP contribution >= 0.6 is 0 Å². The number of anilines is 2. The Morgan fingerprint density at radius 2 is 1.47 bits per heavy atom. The number of halogens is 4. The molecule has 0 N–H and O–H groups in total. The van der Waals surface area contributed by atoms with Gasteiger partial charge < -0.3 is 14.7 Å². The zero-order chi connectivity index (χ0) is 21.3. The summed E-state index contributed by atoms with van der Waals surface area (Å²) in [6.07, 6.45) is -3.16. The molecule has 30 heavy (non-hydrogen) atoms. The molecule has 0 radical (unpaired) electrons. The molecule has 0 bridgehead atoms. The Morgan fingerprint density at radius 3 is 2.07 bits per heavy atom. The van der Waals surface area contributed by atoms with Crippen LogP contribution in [0.25, 0.3) is 0 Å². The lowest BCUT2D eigenvalue weighted by Crippen LogP contribution is -2.48. The monoisotopic (exact) mass is 421 g/mol. The van der Waals surface area contributed by atoms with E-state index in [1.54, 1.807) is 34.1 Å². The first-order valence-corrected chi connectivity index (χ1v) is 10.1. The Labute approximate surface area is 172 Å². The highest BCUT2D eigenvalue weighted by Crippen LogP contribution is 2.42. The number of amides is 1. The SMILES string of the molecule is O=C(c1ccccc1)N1CCN(c2cc(F)c(C(F)(F)F)c(N3CCCC3)c2)CC1. The summed E-state index contributed by atoms with van der Waals surface area (Å²) in [5, 5.41) is 0. The van der Waals surface area contributed by atoms with Crippen LogP contribution < -0.4 is 9.80 Å². The van der Waals surface area contributed by atoms with Crippen molar-refractivity contribution in [3.8, 4) is 0 Å². The molecule has 0 aliphatic carbocycles. The number of hydrogen-bond acceptors (Lipinski definition) is 3. The van der Waals surface area contributed by atoms with Crippen molar-refractivity contribution in [2.45, 2.75) is 19.0 Å². The first kappa shape index (κ1) is 20.5. The number of carbonyl (C=O) groups is 1. The summed E-state index contributed by atoms with van der Waals surface area (Å²) < 4.78 is 55.1. The third-order valence-electron chi connectivity index (χ3n) is 5.74. The van der Waals surface area contributed by atoms with E-state index in [2.05, 4.69) is 0 Å². The highest BCUT2D eigenvalue weighted by molar-refractivity contribution is 5.94. The van der Waals surface area contributed by atoms with Crippen LogP contribution in [-0.2, 0) is 6.18 Å². The molecule has 8 heteroatoms. The molecule has 160 valence electrons. The molecule has 2 aliphatic heterocycles. The van der Waals surface area contributed by atoms with Crippen LogP contribution in [0.2, 0.25) is 0 Å². The van der Waals surface area contributed by atoms with Gasteiger partial charge in [0.05, 0.1) is 5.69 Å². The van der Waals surface area contributed by atoms with Gasteiger partial charge in [0, 0.05) is 50.5 Å². The van der Waals surface area contributed by atoms with Crippen molar-refractivity contribution in [1.82, 2.24) is 4.90 Å². The van der Waals surface area contributed by atoms with Gasteiger partial charge in [-0.05, 0) is 37.1 Å². The fourth-order valence-electron chi connectivity index (χ4n) is 4.18. The summed E-state index contributed by atoms with van der Waals surface area (Å²) >= 11 is 0. The second kappa shape index (κ2) is 8.16. The predicted octanol–water partition coefficient (Wildman–Crippen LogP) is 4.41. The summed E-state index contributed by atoms with van der Waals surface area (Å²) in [4.78, 5) is 17.8. The third-order valence-corrected chi connectivity index (χ3v) is 5.74. The Morgan fingerprint density at radius 1 is 0.833 bits per heavy atom. The average molecular weight is 421 g/mol. The topological polar surface area (TPSA) is 26.8 Å². The van der Waals surface area contributed by atoms with E-state index in [4.69, 9.17) is 0 Å². The molecule has 2 fully saturated rings. The average Bonchev–Trinajstić information content (AvgIpc) is 3.27. The number of carbonyl (C=O) groups excluding carboxylic acids is 1. The fraction of sp³-hybridized carbons (Fsp3) is 0.409. The normalized spacial score (nSPS) is 17.5. The standard InChI is InChI=1S/C22H23F4N3O/c23-18-14-17(15-19(20(18)22(24,25)26)28-8-4-5-9-28)27-10-12-29(13-11-27)21(30)16-6-2-1-3-7-16/h1-3,6-7,14-15H,4-5,8-13H2. The molecular weight excluding hydrogens is 398 g/mol. The van der Waals surface area contributed by atoms with Crippen molar-refractivity contribution in [3.63, 3.8) is 0 Å². The number of benzene rings is 2. The van der Waals surface area contributed by atoms with E-state index in [9.17, 15) is 22.4 Å². The second-order valence-electron chi connectivity index (χ2n) is 7.66. The number of nitrogens with zero attached hydrogens (tertiary/aromatic N) is 3. The molecule has 4 rings (SSSR count).